The predicted octanol–water partition coefficient (Wildman–Crippen LogP) is 3.05. The molecule has 1 amide bonds. The van der Waals surface area contributed by atoms with Crippen LogP contribution in [0.3, 0.4) is 0 Å². The second-order valence-electron chi connectivity index (χ2n) is 4.27. The molecule has 0 aliphatic carbocycles. The molecule has 3 heteroatoms. The fourth-order valence-electron chi connectivity index (χ4n) is 1.72. The first kappa shape index (κ1) is 13.3. The van der Waals surface area contributed by atoms with Crippen molar-refractivity contribution >= 4 is 17.3 Å². The van der Waals surface area contributed by atoms with E-state index in [1.807, 2.05) is 30.3 Å². The molecule has 0 radical (unpaired) electrons. The van der Waals surface area contributed by atoms with Gasteiger partial charge in [-0.05, 0) is 32.0 Å². The van der Waals surface area contributed by atoms with Crippen molar-refractivity contribution in [2.24, 2.45) is 0 Å². The summed E-state index contributed by atoms with van der Waals surface area (Å²) in [7, 11) is 0. The van der Waals surface area contributed by atoms with E-state index in [1.165, 1.54) is 6.92 Å². The number of anilines is 2. The number of carbonyl (C=O) groups excluding carboxylic acids is 1. The molecule has 17 heavy (non-hydrogen) atoms. The molecular weight excluding hydrogens is 212 g/mol. The quantitative estimate of drug-likeness (QED) is 0.791. The summed E-state index contributed by atoms with van der Waals surface area (Å²) in [6.45, 7) is 10.3. The highest BCUT2D eigenvalue weighted by molar-refractivity contribution is 5.89. The summed E-state index contributed by atoms with van der Waals surface area (Å²) in [4.78, 5) is 13.2. The van der Waals surface area contributed by atoms with Crippen molar-refractivity contribution in [2.75, 3.05) is 16.8 Å². The molecule has 0 heterocycles. The maximum Gasteiger partial charge on any atom is 0.221 e. The number of hydrogen-bond donors (Lipinski definition) is 1. The molecule has 1 N–H and O–H groups in total. The molecule has 0 saturated heterocycles. The molecule has 0 atom stereocenters. The molecule has 0 spiro atoms. The summed E-state index contributed by atoms with van der Waals surface area (Å²) >= 11 is 0. The fraction of sp³-hybridized carbons (Fsp3) is 0.357. The SMILES string of the molecule is C=CCN(c1cccc(NC(C)=O)c1)C(C)C. The molecule has 1 rings (SSSR count). The third-order valence-electron chi connectivity index (χ3n) is 2.45. The highest BCUT2D eigenvalue weighted by Crippen LogP contribution is 2.21. The van der Waals surface area contributed by atoms with Gasteiger partial charge < -0.3 is 10.2 Å². The van der Waals surface area contributed by atoms with Gasteiger partial charge in [-0.2, -0.15) is 0 Å². The first-order chi connectivity index (χ1) is 8.04. The lowest BCUT2D eigenvalue weighted by molar-refractivity contribution is -0.114. The number of benzene rings is 1. The number of nitrogens with one attached hydrogen (secondary N) is 1. The van der Waals surface area contributed by atoms with E-state index < -0.39 is 0 Å². The van der Waals surface area contributed by atoms with Gasteiger partial charge in [0, 0.05) is 30.9 Å². The Morgan fingerprint density at radius 3 is 2.76 bits per heavy atom. The van der Waals surface area contributed by atoms with Crippen LogP contribution in [0.15, 0.2) is 36.9 Å². The topological polar surface area (TPSA) is 32.3 Å². The van der Waals surface area contributed by atoms with Crippen LogP contribution in [-0.2, 0) is 4.79 Å². The zero-order chi connectivity index (χ0) is 12.8. The smallest absolute Gasteiger partial charge is 0.221 e. The minimum Gasteiger partial charge on any atom is -0.365 e. The van der Waals surface area contributed by atoms with Crippen LogP contribution in [0, 0.1) is 0 Å². The van der Waals surface area contributed by atoms with E-state index in [0.717, 1.165) is 17.9 Å². The normalized spacial score (nSPS) is 10.1. The van der Waals surface area contributed by atoms with Crippen molar-refractivity contribution in [2.45, 2.75) is 26.8 Å². The van der Waals surface area contributed by atoms with Crippen LogP contribution >= 0.6 is 0 Å². The predicted molar refractivity (Wildman–Crippen MR) is 73.4 cm³/mol. The lowest BCUT2D eigenvalue weighted by Crippen LogP contribution is -2.30. The molecule has 3 nitrogen and oxygen atoms in total. The standard InChI is InChI=1S/C14H20N2O/c1-5-9-16(11(2)3)14-8-6-7-13(10-14)15-12(4)17/h5-8,10-11H,1,9H2,2-4H3,(H,15,17). The van der Waals surface area contributed by atoms with Crippen molar-refractivity contribution in [1.82, 2.24) is 0 Å². The molecule has 1 aromatic rings. The highest BCUT2D eigenvalue weighted by Gasteiger charge is 2.09. The number of nitrogens with zero attached hydrogens (tertiary/aromatic N) is 1. The van der Waals surface area contributed by atoms with Gasteiger partial charge in [-0.1, -0.05) is 12.1 Å². The Labute approximate surface area is 103 Å². The lowest BCUT2D eigenvalue weighted by atomic mass is 10.2. The Kier molecular flexibility index (Phi) is 4.76. The fourth-order valence-corrected chi connectivity index (χ4v) is 1.72. The second-order valence-corrected chi connectivity index (χ2v) is 4.27. The van der Waals surface area contributed by atoms with Gasteiger partial charge in [0.25, 0.3) is 0 Å². The number of amides is 1. The summed E-state index contributed by atoms with van der Waals surface area (Å²) in [5.41, 5.74) is 1.91. The zero-order valence-electron chi connectivity index (χ0n) is 10.7. The summed E-state index contributed by atoms with van der Waals surface area (Å²) in [5.74, 6) is -0.0537. The molecule has 0 aliphatic rings. The van der Waals surface area contributed by atoms with Crippen molar-refractivity contribution in [3.63, 3.8) is 0 Å². The number of rotatable bonds is 5. The number of carbonyl (C=O) groups is 1. The van der Waals surface area contributed by atoms with E-state index >= 15 is 0 Å². The van der Waals surface area contributed by atoms with Crippen LogP contribution in [0.25, 0.3) is 0 Å². The summed E-state index contributed by atoms with van der Waals surface area (Å²) < 4.78 is 0. The second kappa shape index (κ2) is 6.09. The maximum atomic E-state index is 11.0. The van der Waals surface area contributed by atoms with E-state index in [4.69, 9.17) is 0 Å². The van der Waals surface area contributed by atoms with E-state index in [0.29, 0.717) is 6.04 Å². The average Bonchev–Trinajstić information content (AvgIpc) is 2.24. The molecule has 0 aliphatic heterocycles. The Balaban J connectivity index is 2.95. The third kappa shape index (κ3) is 3.94. The van der Waals surface area contributed by atoms with Crippen LogP contribution in [-0.4, -0.2) is 18.5 Å². The number of hydrogen-bond acceptors (Lipinski definition) is 2. The van der Waals surface area contributed by atoms with Gasteiger partial charge in [-0.15, -0.1) is 6.58 Å². The van der Waals surface area contributed by atoms with Gasteiger partial charge in [0.2, 0.25) is 5.91 Å². The van der Waals surface area contributed by atoms with Crippen LogP contribution < -0.4 is 10.2 Å². The van der Waals surface area contributed by atoms with Gasteiger partial charge in [0.05, 0.1) is 0 Å². The molecule has 0 saturated carbocycles. The van der Waals surface area contributed by atoms with Gasteiger partial charge in [0.15, 0.2) is 0 Å². The van der Waals surface area contributed by atoms with Crippen molar-refractivity contribution < 1.29 is 4.79 Å². The summed E-state index contributed by atoms with van der Waals surface area (Å²) in [6.07, 6.45) is 1.88. The lowest BCUT2D eigenvalue weighted by Gasteiger charge is -2.28. The van der Waals surface area contributed by atoms with Crippen LogP contribution in [0.5, 0.6) is 0 Å². The van der Waals surface area contributed by atoms with Gasteiger partial charge in [-0.25, -0.2) is 0 Å². The summed E-state index contributed by atoms with van der Waals surface area (Å²) in [6, 6.07) is 8.23. The highest BCUT2D eigenvalue weighted by atomic mass is 16.1. The molecular formula is C14H20N2O. The Morgan fingerprint density at radius 2 is 2.24 bits per heavy atom. The average molecular weight is 232 g/mol. The Hall–Kier alpha value is -1.77. The molecule has 1 aromatic carbocycles. The monoisotopic (exact) mass is 232 g/mol. The molecule has 0 unspecified atom stereocenters. The van der Waals surface area contributed by atoms with Crippen molar-refractivity contribution in [1.29, 1.82) is 0 Å². The van der Waals surface area contributed by atoms with Crippen LogP contribution in [0.2, 0.25) is 0 Å². The van der Waals surface area contributed by atoms with E-state index in [1.54, 1.807) is 0 Å². The van der Waals surface area contributed by atoms with Crippen LogP contribution in [0.4, 0.5) is 11.4 Å². The zero-order valence-corrected chi connectivity index (χ0v) is 10.7. The van der Waals surface area contributed by atoms with Crippen LogP contribution in [0.1, 0.15) is 20.8 Å². The summed E-state index contributed by atoms with van der Waals surface area (Å²) in [5, 5.41) is 2.79. The first-order valence-corrected chi connectivity index (χ1v) is 5.79. The largest absolute Gasteiger partial charge is 0.365 e. The van der Waals surface area contributed by atoms with E-state index in [-0.39, 0.29) is 5.91 Å². The van der Waals surface area contributed by atoms with Crippen molar-refractivity contribution in [3.8, 4) is 0 Å². The third-order valence-corrected chi connectivity index (χ3v) is 2.45. The molecule has 0 fully saturated rings. The molecule has 0 bridgehead atoms. The Bertz CT molecular complexity index is 399. The van der Waals surface area contributed by atoms with E-state index in [9.17, 15) is 4.79 Å². The molecule has 92 valence electrons. The van der Waals surface area contributed by atoms with Crippen molar-refractivity contribution in [3.05, 3.63) is 36.9 Å². The van der Waals surface area contributed by atoms with Gasteiger partial charge in [0.1, 0.15) is 0 Å². The maximum absolute atomic E-state index is 11.0. The minimum atomic E-state index is -0.0537. The Morgan fingerprint density at radius 1 is 1.53 bits per heavy atom. The van der Waals surface area contributed by atoms with Gasteiger partial charge in [-0.3, -0.25) is 4.79 Å². The van der Waals surface area contributed by atoms with E-state index in [2.05, 4.69) is 30.6 Å². The first-order valence-electron chi connectivity index (χ1n) is 5.79. The minimum absolute atomic E-state index is 0.0537. The molecule has 0 aromatic heterocycles. The van der Waals surface area contributed by atoms with Gasteiger partial charge >= 0.3 is 0 Å².